The molecule has 122 valence electrons. The third-order valence-corrected chi connectivity index (χ3v) is 4.93. The first-order valence-corrected chi connectivity index (χ1v) is 8.23. The Balaban J connectivity index is 1.64. The van der Waals surface area contributed by atoms with E-state index in [1.807, 2.05) is 23.6 Å². The smallest absolute Gasteiger partial charge is 0.325 e. The summed E-state index contributed by atoms with van der Waals surface area (Å²) in [6, 6.07) is 12.0. The van der Waals surface area contributed by atoms with Gasteiger partial charge in [0.25, 0.3) is 5.91 Å². The van der Waals surface area contributed by atoms with Gasteiger partial charge in [0.15, 0.2) is 5.54 Å². The second kappa shape index (κ2) is 6.34. The summed E-state index contributed by atoms with van der Waals surface area (Å²) in [6.07, 6.45) is 0. The Hall–Kier alpha value is -2.85. The zero-order valence-electron chi connectivity index (χ0n) is 13.0. The number of thiophene rings is 1. The van der Waals surface area contributed by atoms with E-state index in [1.54, 1.807) is 31.2 Å². The molecule has 0 aliphatic carbocycles. The first-order chi connectivity index (χ1) is 11.5. The summed E-state index contributed by atoms with van der Waals surface area (Å²) in [5.74, 6) is 0.242. The number of benzene rings is 1. The highest BCUT2D eigenvalue weighted by Crippen LogP contribution is 2.31. The Morgan fingerprint density at radius 1 is 1.33 bits per heavy atom. The zero-order chi connectivity index (χ0) is 17.2. The lowest BCUT2D eigenvalue weighted by Crippen LogP contribution is -2.40. The molecule has 1 fully saturated rings. The van der Waals surface area contributed by atoms with Crippen LogP contribution in [0.5, 0.6) is 5.75 Å². The molecule has 7 heteroatoms. The Morgan fingerprint density at radius 3 is 2.88 bits per heavy atom. The van der Waals surface area contributed by atoms with Crippen LogP contribution in [0, 0.1) is 11.3 Å². The molecule has 0 radical (unpaired) electrons. The molecule has 1 aliphatic heterocycles. The largest absolute Gasteiger partial charge is 0.492 e. The van der Waals surface area contributed by atoms with Crippen molar-refractivity contribution >= 4 is 23.3 Å². The fourth-order valence-corrected chi connectivity index (χ4v) is 3.38. The van der Waals surface area contributed by atoms with E-state index in [9.17, 15) is 9.59 Å². The first-order valence-electron chi connectivity index (χ1n) is 7.35. The lowest BCUT2D eigenvalue weighted by molar-refractivity contribution is -0.131. The Kier molecular flexibility index (Phi) is 4.23. The summed E-state index contributed by atoms with van der Waals surface area (Å²) in [7, 11) is 0. The van der Waals surface area contributed by atoms with Crippen LogP contribution in [0.4, 0.5) is 4.79 Å². The van der Waals surface area contributed by atoms with Crippen LogP contribution in [0.15, 0.2) is 41.8 Å². The summed E-state index contributed by atoms with van der Waals surface area (Å²) in [6.45, 7) is 2.01. The molecule has 0 bridgehead atoms. The van der Waals surface area contributed by atoms with Gasteiger partial charge in [-0.05, 0) is 36.6 Å². The maximum Gasteiger partial charge on any atom is 0.325 e. The molecule has 2 heterocycles. The van der Waals surface area contributed by atoms with Crippen molar-refractivity contribution in [3.8, 4) is 11.8 Å². The number of carbonyl (C=O) groups excluding carboxylic acids is 2. The molecule has 0 spiro atoms. The molecule has 24 heavy (non-hydrogen) atoms. The van der Waals surface area contributed by atoms with Gasteiger partial charge in [0.2, 0.25) is 0 Å². The van der Waals surface area contributed by atoms with Crippen molar-refractivity contribution in [3.05, 3.63) is 52.2 Å². The minimum Gasteiger partial charge on any atom is -0.492 e. The fraction of sp³-hybridized carbons (Fsp3) is 0.235. The van der Waals surface area contributed by atoms with E-state index in [0.717, 1.165) is 9.78 Å². The van der Waals surface area contributed by atoms with Crippen molar-refractivity contribution in [1.29, 1.82) is 5.26 Å². The molecule has 1 atom stereocenters. The second-order valence-electron chi connectivity index (χ2n) is 5.48. The van der Waals surface area contributed by atoms with Crippen LogP contribution >= 0.6 is 11.3 Å². The number of hydrogen-bond acceptors (Lipinski definition) is 5. The topological polar surface area (TPSA) is 82.4 Å². The molecule has 1 N–H and O–H groups in total. The monoisotopic (exact) mass is 341 g/mol. The molecule has 1 saturated heterocycles. The van der Waals surface area contributed by atoms with Crippen LogP contribution in [0.1, 0.15) is 17.4 Å². The van der Waals surface area contributed by atoms with Crippen LogP contribution in [-0.4, -0.2) is 30.0 Å². The van der Waals surface area contributed by atoms with Gasteiger partial charge in [0.1, 0.15) is 12.4 Å². The maximum atomic E-state index is 12.6. The average molecular weight is 341 g/mol. The van der Waals surface area contributed by atoms with Gasteiger partial charge in [-0.25, -0.2) is 4.79 Å². The maximum absolute atomic E-state index is 12.6. The molecule has 6 nitrogen and oxygen atoms in total. The van der Waals surface area contributed by atoms with E-state index in [-0.39, 0.29) is 19.1 Å². The summed E-state index contributed by atoms with van der Waals surface area (Å²) >= 11 is 1.43. The number of hydrogen-bond donors (Lipinski definition) is 1. The second-order valence-corrected chi connectivity index (χ2v) is 6.43. The van der Waals surface area contributed by atoms with Crippen molar-refractivity contribution in [1.82, 2.24) is 10.2 Å². The fourth-order valence-electron chi connectivity index (χ4n) is 2.54. The minimum absolute atomic E-state index is 0.141. The van der Waals surface area contributed by atoms with E-state index in [2.05, 4.69) is 5.32 Å². The van der Waals surface area contributed by atoms with E-state index < -0.39 is 11.6 Å². The zero-order valence-corrected chi connectivity index (χ0v) is 13.8. The number of ether oxygens (including phenoxy) is 1. The third kappa shape index (κ3) is 2.84. The lowest BCUT2D eigenvalue weighted by Gasteiger charge is -2.20. The number of nitrogens with zero attached hydrogens (tertiary/aromatic N) is 2. The van der Waals surface area contributed by atoms with Crippen LogP contribution in [-0.2, 0) is 10.3 Å². The minimum atomic E-state index is -1.02. The molecule has 3 rings (SSSR count). The van der Waals surface area contributed by atoms with Crippen molar-refractivity contribution < 1.29 is 14.3 Å². The highest BCUT2D eigenvalue weighted by atomic mass is 32.1. The summed E-state index contributed by atoms with van der Waals surface area (Å²) < 4.78 is 5.54. The number of urea groups is 1. The summed E-state index contributed by atoms with van der Waals surface area (Å²) in [5.41, 5.74) is -0.529. The quantitative estimate of drug-likeness (QED) is 0.847. The molecular formula is C17H15N3O3S. The number of nitrogens with one attached hydrogen (secondary N) is 1. The summed E-state index contributed by atoms with van der Waals surface area (Å²) in [5, 5.41) is 13.5. The van der Waals surface area contributed by atoms with Gasteiger partial charge >= 0.3 is 6.03 Å². The van der Waals surface area contributed by atoms with Crippen molar-refractivity contribution in [2.45, 2.75) is 12.5 Å². The normalized spacial score (nSPS) is 19.9. The molecule has 1 aromatic carbocycles. The highest BCUT2D eigenvalue weighted by Gasteiger charge is 2.49. The van der Waals surface area contributed by atoms with E-state index in [1.165, 1.54) is 11.3 Å². The Bertz CT molecular complexity index is 813. The van der Waals surface area contributed by atoms with E-state index in [4.69, 9.17) is 10.00 Å². The molecule has 2 aromatic rings. The van der Waals surface area contributed by atoms with Gasteiger partial charge in [-0.1, -0.05) is 12.1 Å². The first kappa shape index (κ1) is 16.0. The van der Waals surface area contributed by atoms with Crippen LogP contribution in [0.25, 0.3) is 0 Å². The van der Waals surface area contributed by atoms with Crippen LogP contribution in [0.3, 0.4) is 0 Å². The predicted octanol–water partition coefficient (Wildman–Crippen LogP) is 2.47. The average Bonchev–Trinajstić information content (AvgIpc) is 3.19. The number of imide groups is 1. The predicted molar refractivity (Wildman–Crippen MR) is 88.6 cm³/mol. The molecule has 0 saturated carbocycles. The Morgan fingerprint density at radius 2 is 2.17 bits per heavy atom. The van der Waals surface area contributed by atoms with Crippen molar-refractivity contribution in [2.24, 2.45) is 0 Å². The number of nitriles is 1. The van der Waals surface area contributed by atoms with Gasteiger partial charge < -0.3 is 10.1 Å². The number of rotatable bonds is 5. The van der Waals surface area contributed by atoms with Gasteiger partial charge in [-0.15, -0.1) is 11.3 Å². The van der Waals surface area contributed by atoms with Crippen molar-refractivity contribution in [2.75, 3.05) is 13.2 Å². The van der Waals surface area contributed by atoms with E-state index >= 15 is 0 Å². The standard InChI is InChI=1S/C17H15N3O3S/c1-17(14-6-3-9-24-14)15(21)20(16(22)19-17)7-8-23-13-5-2-4-12(10-13)11-18/h2-6,9-10H,7-8H2,1H3,(H,19,22)/t17-/m0/s1. The number of carbonyl (C=O) groups is 2. The molecular weight excluding hydrogens is 326 g/mol. The van der Waals surface area contributed by atoms with Crippen LogP contribution in [0.2, 0.25) is 0 Å². The molecule has 0 unspecified atom stereocenters. The Labute approximate surface area is 143 Å². The van der Waals surface area contributed by atoms with Crippen molar-refractivity contribution in [3.63, 3.8) is 0 Å². The van der Waals surface area contributed by atoms with Gasteiger partial charge in [-0.3, -0.25) is 9.69 Å². The van der Waals surface area contributed by atoms with E-state index in [0.29, 0.717) is 11.3 Å². The molecule has 1 aliphatic rings. The highest BCUT2D eigenvalue weighted by molar-refractivity contribution is 7.10. The van der Waals surface area contributed by atoms with Gasteiger partial charge in [0.05, 0.1) is 18.2 Å². The van der Waals surface area contributed by atoms with Gasteiger partial charge in [-0.2, -0.15) is 5.26 Å². The lowest BCUT2D eigenvalue weighted by atomic mass is 10.0. The number of amides is 3. The van der Waals surface area contributed by atoms with Gasteiger partial charge in [0, 0.05) is 4.88 Å². The summed E-state index contributed by atoms with van der Waals surface area (Å²) in [4.78, 5) is 26.7. The molecule has 1 aromatic heterocycles. The third-order valence-electron chi connectivity index (χ3n) is 3.84. The SMILES string of the molecule is C[C@@]1(c2cccs2)NC(=O)N(CCOc2cccc(C#N)c2)C1=O. The van der Waals surface area contributed by atoms with Crippen LogP contribution < -0.4 is 10.1 Å². The molecule has 3 amide bonds.